The van der Waals surface area contributed by atoms with Gasteiger partial charge in [-0.1, -0.05) is 50.2 Å². The van der Waals surface area contributed by atoms with Crippen LogP contribution in [0.1, 0.15) is 51.2 Å². The van der Waals surface area contributed by atoms with E-state index in [1.165, 1.54) is 6.92 Å². The van der Waals surface area contributed by atoms with Crippen molar-refractivity contribution in [2.45, 2.75) is 95.2 Å². The Morgan fingerprint density at radius 2 is 1.11 bits per heavy atom. The van der Waals surface area contributed by atoms with Crippen LogP contribution in [-0.2, 0) is 51.2 Å². The highest BCUT2D eigenvalue weighted by Gasteiger charge is 2.34. The van der Waals surface area contributed by atoms with Crippen molar-refractivity contribution in [2.24, 2.45) is 28.1 Å². The minimum atomic E-state index is -1.66. The lowest BCUT2D eigenvalue weighted by atomic mass is 10.00. The van der Waals surface area contributed by atoms with Crippen LogP contribution in [0.15, 0.2) is 65.9 Å². The molecule has 2 heterocycles. The fourth-order valence-corrected chi connectivity index (χ4v) is 6.97. The topological polar surface area (TPSA) is 391 Å². The minimum absolute atomic E-state index is 0.0284. The number of nitrogens with one attached hydrogen (secondary N) is 8. The Labute approximate surface area is 378 Å². The van der Waals surface area contributed by atoms with Crippen molar-refractivity contribution in [3.63, 3.8) is 0 Å². The molecule has 0 bridgehead atoms. The number of aliphatic carboxylic acids is 2. The monoisotopic (exact) mass is 918 g/mol. The summed E-state index contributed by atoms with van der Waals surface area (Å²) in [4.78, 5) is 115. The highest BCUT2D eigenvalue weighted by Crippen LogP contribution is 2.21. The van der Waals surface area contributed by atoms with Gasteiger partial charge >= 0.3 is 11.9 Å². The van der Waals surface area contributed by atoms with Gasteiger partial charge in [0.2, 0.25) is 35.4 Å². The fraction of sp³-hybridized carbons (Fsp3) is 0.419. The Morgan fingerprint density at radius 1 is 0.636 bits per heavy atom. The zero-order valence-electron chi connectivity index (χ0n) is 36.6. The summed E-state index contributed by atoms with van der Waals surface area (Å²) in [5, 5.41) is 45.3. The van der Waals surface area contributed by atoms with Gasteiger partial charge in [-0.25, -0.2) is 4.79 Å². The molecule has 0 saturated heterocycles. The smallest absolute Gasteiger partial charge is 0.326 e. The van der Waals surface area contributed by atoms with Crippen LogP contribution in [0.25, 0.3) is 21.8 Å². The van der Waals surface area contributed by atoms with Gasteiger partial charge < -0.3 is 74.4 Å². The molecule has 0 spiro atoms. The molecule has 0 fully saturated rings. The molecule has 0 saturated carbocycles. The second-order valence-electron chi connectivity index (χ2n) is 16.0. The first kappa shape index (κ1) is 51.1. The van der Waals surface area contributed by atoms with E-state index in [0.29, 0.717) is 11.1 Å². The predicted octanol–water partition coefficient (Wildman–Crippen LogP) is -2.05. The average Bonchev–Trinajstić information content (AvgIpc) is 3.87. The number of aromatic nitrogens is 2. The Bertz CT molecular complexity index is 2410. The van der Waals surface area contributed by atoms with Crippen molar-refractivity contribution in [1.82, 2.24) is 41.9 Å². The van der Waals surface area contributed by atoms with Crippen LogP contribution >= 0.6 is 0 Å². The number of amides is 6. The molecule has 23 heteroatoms. The molecule has 0 aliphatic heterocycles. The number of carbonyl (C=O) groups excluding carboxylic acids is 6. The summed E-state index contributed by atoms with van der Waals surface area (Å²) in [7, 11) is 0. The van der Waals surface area contributed by atoms with Gasteiger partial charge in [-0.3, -0.25) is 38.6 Å². The quantitative estimate of drug-likeness (QED) is 0.0193. The van der Waals surface area contributed by atoms with E-state index in [9.17, 15) is 48.6 Å². The molecule has 2 aromatic heterocycles. The Balaban J connectivity index is 1.59. The maximum Gasteiger partial charge on any atom is 0.326 e. The summed E-state index contributed by atoms with van der Waals surface area (Å²) in [6.45, 7) is 3.63. The van der Waals surface area contributed by atoms with E-state index in [1.54, 1.807) is 38.4 Å². The molecular weight excluding hydrogens is 861 g/mol. The lowest BCUT2D eigenvalue weighted by Crippen LogP contribution is -2.60. The standard InChI is InChI=1S/C43H58N12O11/c1-21(2)35(42(65)66)55-40(63)32(16-24-19-49-29-12-7-5-10-26(24)29)53-39(62)31(15-23-18-48-28-11-6-4-9-25(23)28)52-36(59)22(3)50-38(61)30(13-8-14-47-43(45)46)51-41(64)33(20-56)54-37(60)27(44)17-34(57)58/h4-7,9-12,18-19,21-22,27,30-33,35,48-49,56H,8,13-17,20,44H2,1-3H3,(H,50,61)(H,51,64)(H,52,59)(H,53,62)(H,54,60)(H,55,63)(H,57,58)(H,65,66)(H4,45,46,47)/t22-,27-,30-,31-,32-,33-,35-/m0/s1. The molecule has 4 rings (SSSR count). The molecular formula is C43H58N12O11. The van der Waals surface area contributed by atoms with Crippen molar-refractivity contribution in [3.05, 3.63) is 72.1 Å². The number of fused-ring (bicyclic) bond motifs is 2. The molecule has 7 atom stereocenters. The molecule has 0 aliphatic rings. The largest absolute Gasteiger partial charge is 0.481 e. The summed E-state index contributed by atoms with van der Waals surface area (Å²) in [5.41, 5.74) is 19.2. The van der Waals surface area contributed by atoms with E-state index in [4.69, 9.17) is 22.3 Å². The molecule has 23 nitrogen and oxygen atoms in total. The molecule has 6 amide bonds. The number of aliphatic hydroxyl groups is 1. The van der Waals surface area contributed by atoms with Gasteiger partial charge in [0.1, 0.15) is 36.3 Å². The number of H-pyrrole nitrogens is 2. The molecule has 356 valence electrons. The van der Waals surface area contributed by atoms with Crippen molar-refractivity contribution >= 4 is 75.1 Å². The Hall–Kier alpha value is -7.53. The van der Waals surface area contributed by atoms with Crippen LogP contribution < -0.4 is 49.1 Å². The van der Waals surface area contributed by atoms with Gasteiger partial charge in [0.25, 0.3) is 0 Å². The van der Waals surface area contributed by atoms with E-state index in [-0.39, 0.29) is 38.2 Å². The third kappa shape index (κ3) is 14.5. The average molecular weight is 919 g/mol. The first-order chi connectivity index (χ1) is 31.3. The number of carboxylic acids is 2. The molecule has 2 aromatic carbocycles. The molecule has 0 aliphatic carbocycles. The lowest BCUT2D eigenvalue weighted by molar-refractivity contribution is -0.143. The number of carboxylic acid groups (broad SMARTS) is 2. The highest BCUT2D eigenvalue weighted by atomic mass is 16.4. The van der Waals surface area contributed by atoms with Crippen molar-refractivity contribution in [2.75, 3.05) is 13.2 Å². The summed E-state index contributed by atoms with van der Waals surface area (Å²) in [6, 6.07) is 4.51. The number of nitrogens with zero attached hydrogens (tertiary/aromatic N) is 1. The molecule has 4 aromatic rings. The number of carbonyl (C=O) groups is 8. The van der Waals surface area contributed by atoms with Crippen LogP contribution in [0.3, 0.4) is 0 Å². The zero-order chi connectivity index (χ0) is 48.7. The number of hydrogen-bond acceptors (Lipinski definition) is 11. The summed E-state index contributed by atoms with van der Waals surface area (Å²) < 4.78 is 0. The first-order valence-electron chi connectivity index (χ1n) is 21.1. The van der Waals surface area contributed by atoms with Gasteiger partial charge in [0.05, 0.1) is 19.1 Å². The van der Waals surface area contributed by atoms with E-state index in [0.717, 1.165) is 21.8 Å². The number of benzene rings is 2. The number of hydrogen-bond donors (Lipinski definition) is 14. The number of aliphatic hydroxyl groups excluding tert-OH is 1. The van der Waals surface area contributed by atoms with Crippen molar-refractivity contribution in [1.29, 1.82) is 0 Å². The second-order valence-corrected chi connectivity index (χ2v) is 16.0. The fourth-order valence-electron chi connectivity index (χ4n) is 6.97. The van der Waals surface area contributed by atoms with Gasteiger partial charge in [-0.2, -0.15) is 0 Å². The predicted molar refractivity (Wildman–Crippen MR) is 241 cm³/mol. The maximum atomic E-state index is 14.4. The third-order valence-corrected chi connectivity index (χ3v) is 10.6. The number of guanidine groups is 1. The van der Waals surface area contributed by atoms with Gasteiger partial charge in [-0.15, -0.1) is 0 Å². The van der Waals surface area contributed by atoms with Crippen LogP contribution in [0.2, 0.25) is 0 Å². The molecule has 0 unspecified atom stereocenters. The van der Waals surface area contributed by atoms with Crippen LogP contribution in [0, 0.1) is 5.92 Å². The number of rotatable bonds is 25. The molecule has 17 N–H and O–H groups in total. The second kappa shape index (κ2) is 24.0. The summed E-state index contributed by atoms with van der Waals surface area (Å²) in [5.74, 6) is -8.85. The minimum Gasteiger partial charge on any atom is -0.481 e. The van der Waals surface area contributed by atoms with Crippen molar-refractivity contribution in [3.8, 4) is 0 Å². The molecule has 0 radical (unpaired) electrons. The maximum absolute atomic E-state index is 14.4. The van der Waals surface area contributed by atoms with Gasteiger partial charge in [0.15, 0.2) is 5.96 Å². The number of aromatic amines is 2. The van der Waals surface area contributed by atoms with Crippen LogP contribution in [-0.4, -0.2) is 134 Å². The number of nitrogens with two attached hydrogens (primary N) is 3. The van der Waals surface area contributed by atoms with Crippen molar-refractivity contribution < 1.29 is 53.7 Å². The highest BCUT2D eigenvalue weighted by molar-refractivity contribution is 5.98. The number of para-hydroxylation sites is 2. The number of aliphatic imine (C=N–C) groups is 1. The van der Waals surface area contributed by atoms with Gasteiger partial charge in [-0.05, 0) is 48.9 Å². The Morgan fingerprint density at radius 3 is 1.61 bits per heavy atom. The molecule has 66 heavy (non-hydrogen) atoms. The van der Waals surface area contributed by atoms with E-state index in [1.807, 2.05) is 36.4 Å². The van der Waals surface area contributed by atoms with E-state index < -0.39 is 109 Å². The van der Waals surface area contributed by atoms with E-state index in [2.05, 4.69) is 46.9 Å². The SMILES string of the molecule is CC(C)[C@H](NC(=O)[C@H](Cc1c[nH]c2ccccc12)NC(=O)[C@H](Cc1c[nH]c2ccccc12)NC(=O)[C@H](C)NC(=O)[C@H](CCCN=C(N)N)NC(=O)[C@H](CO)NC(=O)[C@@H](N)CC(=O)O)C(=O)O. The van der Waals surface area contributed by atoms with Crippen LogP contribution in [0.5, 0.6) is 0 Å². The zero-order valence-corrected chi connectivity index (χ0v) is 36.6. The van der Waals surface area contributed by atoms with E-state index >= 15 is 0 Å². The normalized spacial score (nSPS) is 14.4. The summed E-state index contributed by atoms with van der Waals surface area (Å²) in [6.07, 6.45) is 2.41. The first-order valence-corrected chi connectivity index (χ1v) is 21.1. The summed E-state index contributed by atoms with van der Waals surface area (Å²) >= 11 is 0. The Kier molecular flexibility index (Phi) is 18.5. The lowest BCUT2D eigenvalue weighted by Gasteiger charge is -2.27. The van der Waals surface area contributed by atoms with Crippen LogP contribution in [0.4, 0.5) is 0 Å². The third-order valence-electron chi connectivity index (χ3n) is 10.6. The van der Waals surface area contributed by atoms with Gasteiger partial charge in [0, 0.05) is 53.6 Å².